The van der Waals surface area contributed by atoms with Crippen LogP contribution in [0.3, 0.4) is 0 Å². The van der Waals surface area contributed by atoms with Gasteiger partial charge >= 0.3 is 0 Å². The average Bonchev–Trinajstić information content (AvgIpc) is 2.49. The van der Waals surface area contributed by atoms with Gasteiger partial charge in [0.25, 0.3) is 5.91 Å². The van der Waals surface area contributed by atoms with Crippen LogP contribution in [0.2, 0.25) is 0 Å². The molecule has 0 spiro atoms. The van der Waals surface area contributed by atoms with E-state index < -0.39 is 0 Å². The van der Waals surface area contributed by atoms with Gasteiger partial charge in [0.05, 0.1) is 8.66 Å². The number of carbonyl (C=O) groups excluding carboxylic acids is 1. The standard InChI is InChI=1S/C9H10BrNO2S/c10-8-2-1-7(14-8)9(13)11-3-6(4-11)5-12/h1-2,6,12H,3-5H2. The monoisotopic (exact) mass is 275 g/mol. The minimum absolute atomic E-state index is 0.0744. The Bertz CT molecular complexity index is 346. The van der Waals surface area contributed by atoms with Crippen LogP contribution in [0.4, 0.5) is 0 Å². The van der Waals surface area contributed by atoms with E-state index >= 15 is 0 Å². The van der Waals surface area contributed by atoms with Gasteiger partial charge < -0.3 is 10.0 Å². The molecule has 3 nitrogen and oxygen atoms in total. The predicted octanol–water partition coefficient (Wildman–Crippen LogP) is 1.57. The van der Waals surface area contributed by atoms with Gasteiger partial charge in [-0.2, -0.15) is 0 Å². The van der Waals surface area contributed by atoms with Crippen molar-refractivity contribution in [2.24, 2.45) is 5.92 Å². The molecule has 0 aromatic carbocycles. The van der Waals surface area contributed by atoms with Gasteiger partial charge in [0.1, 0.15) is 0 Å². The molecule has 1 aromatic rings. The quantitative estimate of drug-likeness (QED) is 0.890. The van der Waals surface area contributed by atoms with Crippen LogP contribution in [0.25, 0.3) is 0 Å². The molecular weight excluding hydrogens is 266 g/mol. The molecule has 0 bridgehead atoms. The Morgan fingerprint density at radius 3 is 2.86 bits per heavy atom. The Balaban J connectivity index is 1.97. The van der Waals surface area contributed by atoms with Crippen molar-refractivity contribution in [1.82, 2.24) is 4.90 Å². The lowest BCUT2D eigenvalue weighted by Crippen LogP contribution is -2.51. The van der Waals surface area contributed by atoms with Crippen LogP contribution in [0.5, 0.6) is 0 Å². The zero-order valence-electron chi connectivity index (χ0n) is 7.44. The summed E-state index contributed by atoms with van der Waals surface area (Å²) in [4.78, 5) is 14.3. The lowest BCUT2D eigenvalue weighted by atomic mass is 10.0. The first-order valence-electron chi connectivity index (χ1n) is 4.36. The van der Waals surface area contributed by atoms with E-state index in [1.54, 1.807) is 4.90 Å². The second kappa shape index (κ2) is 4.00. The summed E-state index contributed by atoms with van der Waals surface area (Å²) in [6.07, 6.45) is 0. The maximum atomic E-state index is 11.7. The first-order chi connectivity index (χ1) is 6.70. The van der Waals surface area contributed by atoms with Crippen molar-refractivity contribution >= 4 is 33.2 Å². The van der Waals surface area contributed by atoms with Gasteiger partial charge in [-0.1, -0.05) is 0 Å². The molecule has 0 atom stereocenters. The molecule has 1 amide bonds. The van der Waals surface area contributed by atoms with E-state index in [1.807, 2.05) is 12.1 Å². The van der Waals surface area contributed by atoms with Crippen LogP contribution in [0.15, 0.2) is 15.9 Å². The first-order valence-corrected chi connectivity index (χ1v) is 5.97. The van der Waals surface area contributed by atoms with Crippen LogP contribution in [-0.2, 0) is 0 Å². The number of thiophene rings is 1. The summed E-state index contributed by atoms with van der Waals surface area (Å²) in [6, 6.07) is 3.70. The summed E-state index contributed by atoms with van der Waals surface area (Å²) in [5.41, 5.74) is 0. The number of rotatable bonds is 2. The number of hydrogen-bond acceptors (Lipinski definition) is 3. The number of likely N-dealkylation sites (tertiary alicyclic amines) is 1. The maximum Gasteiger partial charge on any atom is 0.263 e. The molecule has 1 aliphatic rings. The third-order valence-corrected chi connectivity index (χ3v) is 3.90. The van der Waals surface area contributed by atoms with E-state index in [2.05, 4.69) is 15.9 Å². The van der Waals surface area contributed by atoms with Crippen LogP contribution in [0.1, 0.15) is 9.67 Å². The van der Waals surface area contributed by atoms with Gasteiger partial charge in [-0.3, -0.25) is 4.79 Å². The molecule has 76 valence electrons. The third kappa shape index (κ3) is 1.85. The van der Waals surface area contributed by atoms with Crippen molar-refractivity contribution in [3.63, 3.8) is 0 Å². The van der Waals surface area contributed by atoms with Crippen molar-refractivity contribution in [1.29, 1.82) is 0 Å². The Hall–Kier alpha value is -0.390. The molecular formula is C9H10BrNO2S. The highest BCUT2D eigenvalue weighted by atomic mass is 79.9. The Morgan fingerprint density at radius 1 is 1.64 bits per heavy atom. The summed E-state index contributed by atoms with van der Waals surface area (Å²) in [5.74, 6) is 0.354. The van der Waals surface area contributed by atoms with Crippen molar-refractivity contribution in [3.05, 3.63) is 20.8 Å². The SMILES string of the molecule is O=C(c1ccc(Br)s1)N1CC(CO)C1. The first kappa shape index (κ1) is 10.1. The smallest absolute Gasteiger partial charge is 0.263 e. The maximum absolute atomic E-state index is 11.7. The average molecular weight is 276 g/mol. The van der Waals surface area contributed by atoms with E-state index in [0.29, 0.717) is 13.1 Å². The topological polar surface area (TPSA) is 40.5 Å². The van der Waals surface area contributed by atoms with E-state index in [-0.39, 0.29) is 18.4 Å². The number of carbonyl (C=O) groups is 1. The van der Waals surface area contributed by atoms with E-state index in [4.69, 9.17) is 5.11 Å². The van der Waals surface area contributed by atoms with Gasteiger partial charge in [-0.15, -0.1) is 11.3 Å². The number of aliphatic hydroxyl groups excluding tert-OH is 1. The normalized spacial score (nSPS) is 16.9. The minimum Gasteiger partial charge on any atom is -0.396 e. The predicted molar refractivity (Wildman–Crippen MR) is 58.5 cm³/mol. The summed E-state index contributed by atoms with van der Waals surface area (Å²) in [7, 11) is 0. The van der Waals surface area contributed by atoms with Gasteiger partial charge in [-0.25, -0.2) is 0 Å². The second-order valence-corrected chi connectivity index (χ2v) is 5.83. The van der Waals surface area contributed by atoms with Crippen LogP contribution >= 0.6 is 27.3 Å². The highest BCUT2D eigenvalue weighted by Crippen LogP contribution is 2.25. The van der Waals surface area contributed by atoms with Crippen LogP contribution < -0.4 is 0 Å². The van der Waals surface area contributed by atoms with E-state index in [0.717, 1.165) is 8.66 Å². The Morgan fingerprint density at radius 2 is 2.36 bits per heavy atom. The number of hydrogen-bond donors (Lipinski definition) is 1. The number of aliphatic hydroxyl groups is 1. The molecule has 0 aliphatic carbocycles. The summed E-state index contributed by atoms with van der Waals surface area (Å²) >= 11 is 4.77. The van der Waals surface area contributed by atoms with Crippen molar-refractivity contribution < 1.29 is 9.90 Å². The Kier molecular flexibility index (Phi) is 2.90. The highest BCUT2D eigenvalue weighted by Gasteiger charge is 2.30. The van der Waals surface area contributed by atoms with Crippen molar-refractivity contribution in [2.45, 2.75) is 0 Å². The molecule has 1 N–H and O–H groups in total. The van der Waals surface area contributed by atoms with Crippen LogP contribution in [-0.4, -0.2) is 35.6 Å². The number of halogens is 1. The van der Waals surface area contributed by atoms with Crippen molar-refractivity contribution in [2.75, 3.05) is 19.7 Å². The summed E-state index contributed by atoms with van der Waals surface area (Å²) < 4.78 is 0.972. The zero-order valence-corrected chi connectivity index (χ0v) is 9.84. The molecule has 0 radical (unpaired) electrons. The zero-order chi connectivity index (χ0) is 10.1. The second-order valence-electron chi connectivity index (χ2n) is 3.36. The minimum atomic E-state index is 0.0744. The highest BCUT2D eigenvalue weighted by molar-refractivity contribution is 9.11. The van der Waals surface area contributed by atoms with Gasteiger partial charge in [0, 0.05) is 25.6 Å². The van der Waals surface area contributed by atoms with Gasteiger partial charge in [-0.05, 0) is 28.1 Å². The number of nitrogens with zero attached hydrogens (tertiary/aromatic N) is 1. The molecule has 14 heavy (non-hydrogen) atoms. The molecule has 0 saturated carbocycles. The molecule has 2 rings (SSSR count). The van der Waals surface area contributed by atoms with Gasteiger partial charge in [0.15, 0.2) is 0 Å². The molecule has 0 unspecified atom stereocenters. The fourth-order valence-electron chi connectivity index (χ4n) is 1.44. The van der Waals surface area contributed by atoms with E-state index in [1.165, 1.54) is 11.3 Å². The Labute approximate surface area is 94.5 Å². The molecule has 1 aromatic heterocycles. The number of amides is 1. The molecule has 2 heterocycles. The van der Waals surface area contributed by atoms with Crippen LogP contribution in [0, 0.1) is 5.92 Å². The fourth-order valence-corrected chi connectivity index (χ4v) is 2.79. The largest absolute Gasteiger partial charge is 0.396 e. The lowest BCUT2D eigenvalue weighted by Gasteiger charge is -2.37. The molecule has 1 aliphatic heterocycles. The summed E-state index contributed by atoms with van der Waals surface area (Å²) in [5, 5.41) is 8.82. The molecule has 5 heteroatoms. The van der Waals surface area contributed by atoms with E-state index in [9.17, 15) is 4.79 Å². The van der Waals surface area contributed by atoms with Crippen molar-refractivity contribution in [3.8, 4) is 0 Å². The third-order valence-electron chi connectivity index (χ3n) is 2.29. The molecule has 1 saturated heterocycles. The van der Waals surface area contributed by atoms with Gasteiger partial charge in [0.2, 0.25) is 0 Å². The molecule has 1 fully saturated rings. The summed E-state index contributed by atoms with van der Waals surface area (Å²) in [6.45, 7) is 1.55. The lowest BCUT2D eigenvalue weighted by molar-refractivity contribution is 0.0366. The fraction of sp³-hybridized carbons (Fsp3) is 0.444.